The average molecular weight is 395 g/mol. The van der Waals surface area contributed by atoms with Crippen LogP contribution in [0.25, 0.3) is 0 Å². The van der Waals surface area contributed by atoms with Gasteiger partial charge in [0.2, 0.25) is 5.91 Å². The summed E-state index contributed by atoms with van der Waals surface area (Å²) in [6.45, 7) is 3.87. The highest BCUT2D eigenvalue weighted by Gasteiger charge is 2.51. The molecule has 2 unspecified atom stereocenters. The van der Waals surface area contributed by atoms with Gasteiger partial charge in [0.15, 0.2) is 0 Å². The zero-order valence-corrected chi connectivity index (χ0v) is 17.1. The van der Waals surface area contributed by atoms with Gasteiger partial charge in [-0.3, -0.25) is 4.79 Å². The zero-order chi connectivity index (χ0) is 19.8. The molecule has 3 fully saturated rings. The summed E-state index contributed by atoms with van der Waals surface area (Å²) in [6.07, 6.45) is 7.89. The number of hydrogen-bond acceptors (Lipinski definition) is 5. The van der Waals surface area contributed by atoms with E-state index in [0.29, 0.717) is 11.9 Å². The standard InChI is InChI=1S/C22H30N6O/c1-15-9-12-28(21-24-26-27-25-21)14-19(13-15)23-20(29)22(10-11-22)18-7-5-17(6-8-18)16-3-2-4-16/h5-8,15-16,19H,2-4,9-14H2,1H3,(H,23,29)(H,24,25,26,27). The molecule has 2 N–H and O–H groups in total. The molecular formula is C22H30N6O. The van der Waals surface area contributed by atoms with E-state index in [1.54, 1.807) is 0 Å². The molecule has 1 saturated heterocycles. The van der Waals surface area contributed by atoms with Crippen LogP contribution in [0.5, 0.6) is 0 Å². The summed E-state index contributed by atoms with van der Waals surface area (Å²) in [4.78, 5) is 15.4. The first-order chi connectivity index (χ1) is 14.1. The molecule has 154 valence electrons. The lowest BCUT2D eigenvalue weighted by atomic mass is 9.79. The number of aromatic nitrogens is 4. The van der Waals surface area contributed by atoms with Gasteiger partial charge in [0.05, 0.1) is 5.41 Å². The molecule has 1 aromatic heterocycles. The average Bonchev–Trinajstić information content (AvgIpc) is 3.35. The number of amides is 1. The quantitative estimate of drug-likeness (QED) is 0.814. The van der Waals surface area contributed by atoms with E-state index in [-0.39, 0.29) is 17.4 Å². The smallest absolute Gasteiger partial charge is 0.265 e. The van der Waals surface area contributed by atoms with Crippen molar-refractivity contribution in [2.75, 3.05) is 18.0 Å². The fraction of sp³-hybridized carbons (Fsp3) is 0.636. The van der Waals surface area contributed by atoms with Crippen LogP contribution in [0.2, 0.25) is 0 Å². The lowest BCUT2D eigenvalue weighted by Crippen LogP contribution is -2.47. The number of nitrogens with zero attached hydrogens (tertiary/aromatic N) is 4. The Morgan fingerprint density at radius 1 is 1.21 bits per heavy atom. The lowest BCUT2D eigenvalue weighted by Gasteiger charge is -2.27. The molecule has 7 nitrogen and oxygen atoms in total. The fourth-order valence-electron chi connectivity index (χ4n) is 4.90. The number of nitrogens with one attached hydrogen (secondary N) is 2. The number of rotatable bonds is 5. The van der Waals surface area contributed by atoms with Crippen LogP contribution < -0.4 is 10.2 Å². The van der Waals surface area contributed by atoms with Gasteiger partial charge in [0.25, 0.3) is 5.95 Å². The van der Waals surface area contributed by atoms with Gasteiger partial charge in [-0.25, -0.2) is 0 Å². The number of aromatic amines is 1. The molecule has 2 heterocycles. The van der Waals surface area contributed by atoms with Gasteiger partial charge in [-0.2, -0.15) is 5.21 Å². The van der Waals surface area contributed by atoms with E-state index in [4.69, 9.17) is 0 Å². The maximum atomic E-state index is 13.3. The van der Waals surface area contributed by atoms with E-state index >= 15 is 0 Å². The molecule has 2 atom stereocenters. The minimum Gasteiger partial charge on any atom is -0.351 e. The highest BCUT2D eigenvalue weighted by atomic mass is 16.2. The second-order valence-corrected chi connectivity index (χ2v) is 9.29. The Hall–Kier alpha value is -2.44. The Morgan fingerprint density at radius 3 is 2.62 bits per heavy atom. The SMILES string of the molecule is CC1CCN(c2nn[nH]n2)CC(NC(=O)C2(c3ccc(C4CCC4)cc3)CC2)C1. The molecule has 2 aromatic rings. The van der Waals surface area contributed by atoms with E-state index in [9.17, 15) is 4.79 Å². The second-order valence-electron chi connectivity index (χ2n) is 9.29. The van der Waals surface area contributed by atoms with Crippen molar-refractivity contribution in [1.29, 1.82) is 0 Å². The van der Waals surface area contributed by atoms with Crippen LogP contribution in [-0.2, 0) is 10.2 Å². The lowest BCUT2D eigenvalue weighted by molar-refractivity contribution is -0.124. The Kier molecular flexibility index (Phi) is 4.76. The van der Waals surface area contributed by atoms with Crippen molar-refractivity contribution in [2.24, 2.45) is 5.92 Å². The van der Waals surface area contributed by atoms with Gasteiger partial charge in [0.1, 0.15) is 0 Å². The minimum absolute atomic E-state index is 0.102. The highest BCUT2D eigenvalue weighted by Crippen LogP contribution is 2.49. The van der Waals surface area contributed by atoms with Crippen LogP contribution in [0.15, 0.2) is 24.3 Å². The third kappa shape index (κ3) is 3.63. The Morgan fingerprint density at radius 2 is 2.00 bits per heavy atom. The third-order valence-corrected chi connectivity index (χ3v) is 7.20. The van der Waals surface area contributed by atoms with Gasteiger partial charge in [-0.05, 0) is 66.7 Å². The van der Waals surface area contributed by atoms with Gasteiger partial charge in [-0.15, -0.1) is 5.10 Å². The normalized spacial score (nSPS) is 26.4. The molecule has 3 aliphatic rings. The Balaban J connectivity index is 1.28. The monoisotopic (exact) mass is 394 g/mol. The third-order valence-electron chi connectivity index (χ3n) is 7.20. The molecule has 2 aliphatic carbocycles. The van der Waals surface area contributed by atoms with E-state index in [1.807, 2.05) is 0 Å². The molecule has 1 amide bonds. The van der Waals surface area contributed by atoms with E-state index in [2.05, 4.69) is 62.0 Å². The molecule has 7 heteroatoms. The molecule has 1 aliphatic heterocycles. The summed E-state index contributed by atoms with van der Waals surface area (Å²) in [7, 11) is 0. The molecular weight excluding hydrogens is 364 g/mol. The number of benzene rings is 1. The van der Waals surface area contributed by atoms with Crippen LogP contribution in [-0.4, -0.2) is 45.7 Å². The van der Waals surface area contributed by atoms with E-state index in [1.165, 1.54) is 30.4 Å². The van der Waals surface area contributed by atoms with Gasteiger partial charge >= 0.3 is 0 Å². The minimum atomic E-state index is -0.329. The molecule has 2 saturated carbocycles. The zero-order valence-electron chi connectivity index (χ0n) is 17.1. The van der Waals surface area contributed by atoms with Gasteiger partial charge < -0.3 is 10.2 Å². The van der Waals surface area contributed by atoms with Crippen LogP contribution >= 0.6 is 0 Å². The van der Waals surface area contributed by atoms with Crippen LogP contribution in [0.1, 0.15) is 68.9 Å². The van der Waals surface area contributed by atoms with Crippen LogP contribution in [0.4, 0.5) is 5.95 Å². The molecule has 5 rings (SSSR count). The van der Waals surface area contributed by atoms with Crippen molar-refractivity contribution in [3.05, 3.63) is 35.4 Å². The summed E-state index contributed by atoms with van der Waals surface area (Å²) in [5, 5.41) is 17.9. The first kappa shape index (κ1) is 18.6. The highest BCUT2D eigenvalue weighted by molar-refractivity contribution is 5.91. The van der Waals surface area contributed by atoms with Gasteiger partial charge in [-0.1, -0.05) is 42.7 Å². The van der Waals surface area contributed by atoms with Crippen LogP contribution in [0.3, 0.4) is 0 Å². The molecule has 29 heavy (non-hydrogen) atoms. The second kappa shape index (κ2) is 7.43. The van der Waals surface area contributed by atoms with Crippen molar-refractivity contribution < 1.29 is 4.79 Å². The van der Waals surface area contributed by atoms with Crippen molar-refractivity contribution in [3.63, 3.8) is 0 Å². The summed E-state index contributed by atoms with van der Waals surface area (Å²) in [5.41, 5.74) is 2.28. The first-order valence-electron chi connectivity index (χ1n) is 11.0. The largest absolute Gasteiger partial charge is 0.351 e. The number of H-pyrrole nitrogens is 1. The Labute approximate surface area is 171 Å². The number of carbonyl (C=O) groups excluding carboxylic acids is 1. The molecule has 1 aromatic carbocycles. The molecule has 0 bridgehead atoms. The molecule has 0 radical (unpaired) electrons. The summed E-state index contributed by atoms with van der Waals surface area (Å²) < 4.78 is 0. The summed E-state index contributed by atoms with van der Waals surface area (Å²) in [5.74, 6) is 2.08. The maximum Gasteiger partial charge on any atom is 0.265 e. The number of hydrogen-bond donors (Lipinski definition) is 2. The van der Waals surface area contributed by atoms with Crippen molar-refractivity contribution in [1.82, 2.24) is 25.9 Å². The van der Waals surface area contributed by atoms with Crippen molar-refractivity contribution in [2.45, 2.75) is 69.2 Å². The van der Waals surface area contributed by atoms with Crippen molar-refractivity contribution in [3.8, 4) is 0 Å². The van der Waals surface area contributed by atoms with E-state index in [0.717, 1.165) is 44.7 Å². The Bertz CT molecular complexity index is 841. The summed E-state index contributed by atoms with van der Waals surface area (Å²) in [6, 6.07) is 8.99. The number of carbonyl (C=O) groups is 1. The van der Waals surface area contributed by atoms with Gasteiger partial charge in [0, 0.05) is 19.1 Å². The number of anilines is 1. The molecule has 0 spiro atoms. The maximum absolute atomic E-state index is 13.3. The number of tetrazole rings is 1. The summed E-state index contributed by atoms with van der Waals surface area (Å²) >= 11 is 0. The van der Waals surface area contributed by atoms with Crippen molar-refractivity contribution >= 4 is 11.9 Å². The predicted octanol–water partition coefficient (Wildman–Crippen LogP) is 2.92. The predicted molar refractivity (Wildman–Crippen MR) is 111 cm³/mol. The fourth-order valence-corrected chi connectivity index (χ4v) is 4.90. The van der Waals surface area contributed by atoms with Crippen LogP contribution in [0, 0.1) is 5.92 Å². The van der Waals surface area contributed by atoms with E-state index < -0.39 is 0 Å². The topological polar surface area (TPSA) is 86.8 Å². The first-order valence-corrected chi connectivity index (χ1v) is 11.0.